The van der Waals surface area contributed by atoms with Gasteiger partial charge in [-0.05, 0) is 35.7 Å². The van der Waals surface area contributed by atoms with Gasteiger partial charge in [0.05, 0.1) is 17.4 Å². The number of para-hydroxylation sites is 2. The summed E-state index contributed by atoms with van der Waals surface area (Å²) in [5, 5.41) is 12.8. The Morgan fingerprint density at radius 2 is 1.60 bits per heavy atom. The van der Waals surface area contributed by atoms with Crippen molar-refractivity contribution in [2.24, 2.45) is 7.05 Å². The Morgan fingerprint density at radius 1 is 0.867 bits per heavy atom. The second kappa shape index (κ2) is 7.48. The Hall–Kier alpha value is -3.93. The van der Waals surface area contributed by atoms with Crippen molar-refractivity contribution in [3.8, 4) is 0 Å². The van der Waals surface area contributed by atoms with Gasteiger partial charge < -0.3 is 5.32 Å². The van der Waals surface area contributed by atoms with E-state index in [1.165, 1.54) is 11.1 Å². The normalized spacial score (nSPS) is 11.2. The van der Waals surface area contributed by atoms with Gasteiger partial charge in [0.1, 0.15) is 0 Å². The summed E-state index contributed by atoms with van der Waals surface area (Å²) in [7, 11) is 1.73. The van der Waals surface area contributed by atoms with Crippen molar-refractivity contribution >= 4 is 22.4 Å². The predicted molar refractivity (Wildman–Crippen MR) is 119 cm³/mol. The van der Waals surface area contributed by atoms with Crippen molar-refractivity contribution in [2.75, 3.05) is 5.32 Å². The zero-order valence-electron chi connectivity index (χ0n) is 16.6. The molecule has 0 unspecified atom stereocenters. The van der Waals surface area contributed by atoms with E-state index >= 15 is 0 Å². The van der Waals surface area contributed by atoms with Crippen LogP contribution in [0.5, 0.6) is 0 Å². The van der Waals surface area contributed by atoms with Gasteiger partial charge in [0.15, 0.2) is 5.82 Å². The van der Waals surface area contributed by atoms with Gasteiger partial charge in [-0.2, -0.15) is 0 Å². The maximum absolute atomic E-state index is 12.6. The number of fused-ring (bicyclic) bond motifs is 3. The third-order valence-electron chi connectivity index (χ3n) is 5.38. The number of nitrogens with one attached hydrogen (secondary N) is 1. The van der Waals surface area contributed by atoms with E-state index in [-0.39, 0.29) is 5.56 Å². The van der Waals surface area contributed by atoms with Gasteiger partial charge in [-0.1, -0.05) is 60.7 Å². The van der Waals surface area contributed by atoms with Crippen LogP contribution < -0.4 is 10.9 Å². The largest absolute Gasteiger partial charge is 0.377 e. The highest BCUT2D eigenvalue weighted by Crippen LogP contribution is 2.20. The van der Waals surface area contributed by atoms with Crippen molar-refractivity contribution in [2.45, 2.75) is 13.0 Å². The molecule has 0 bridgehead atoms. The standard InChI is InChI=1S/C24H21N5O/c1-28-23(30)19-12-6-8-14-21(19)29-22(26-27-24(28)29)16-25-20-13-7-5-11-18(20)15-17-9-3-2-4-10-17/h2-14,25H,15-16H2,1H3. The molecule has 0 saturated heterocycles. The molecule has 2 aromatic heterocycles. The van der Waals surface area contributed by atoms with Gasteiger partial charge in [0, 0.05) is 12.7 Å². The summed E-state index contributed by atoms with van der Waals surface area (Å²) in [5.41, 5.74) is 4.29. The van der Waals surface area contributed by atoms with Crippen LogP contribution in [0.4, 0.5) is 5.69 Å². The van der Waals surface area contributed by atoms with Gasteiger partial charge in [0.2, 0.25) is 5.78 Å². The summed E-state index contributed by atoms with van der Waals surface area (Å²) in [6.45, 7) is 0.495. The van der Waals surface area contributed by atoms with Crippen LogP contribution in [0.25, 0.3) is 16.7 Å². The van der Waals surface area contributed by atoms with Crippen molar-refractivity contribution in [1.29, 1.82) is 0 Å². The Bertz CT molecular complexity index is 1400. The second-order valence-corrected chi connectivity index (χ2v) is 7.31. The fourth-order valence-corrected chi connectivity index (χ4v) is 3.84. The van der Waals surface area contributed by atoms with E-state index in [1.807, 2.05) is 40.8 Å². The monoisotopic (exact) mass is 395 g/mol. The third-order valence-corrected chi connectivity index (χ3v) is 5.38. The molecule has 0 amide bonds. The molecule has 5 aromatic rings. The number of hydrogen-bond donors (Lipinski definition) is 1. The van der Waals surface area contributed by atoms with E-state index in [0.717, 1.165) is 23.4 Å². The molecule has 0 fully saturated rings. The molecule has 148 valence electrons. The summed E-state index contributed by atoms with van der Waals surface area (Å²) in [6, 6.07) is 26.3. The van der Waals surface area contributed by atoms with E-state index < -0.39 is 0 Å². The molecular formula is C24H21N5O. The van der Waals surface area contributed by atoms with Crippen LogP contribution in [0.15, 0.2) is 83.7 Å². The molecule has 0 aliphatic rings. The highest BCUT2D eigenvalue weighted by atomic mass is 16.1. The maximum atomic E-state index is 12.6. The van der Waals surface area contributed by atoms with Crippen molar-refractivity contribution < 1.29 is 0 Å². The number of anilines is 1. The Labute approximate surface area is 173 Å². The summed E-state index contributed by atoms with van der Waals surface area (Å²) in [5.74, 6) is 1.29. The lowest BCUT2D eigenvalue weighted by Crippen LogP contribution is -2.20. The molecule has 2 heterocycles. The van der Waals surface area contributed by atoms with Crippen LogP contribution in [0.2, 0.25) is 0 Å². The number of hydrogen-bond acceptors (Lipinski definition) is 4. The molecule has 0 aliphatic carbocycles. The molecule has 6 heteroatoms. The third kappa shape index (κ3) is 3.12. The maximum Gasteiger partial charge on any atom is 0.262 e. The van der Waals surface area contributed by atoms with Gasteiger partial charge in [-0.3, -0.25) is 13.8 Å². The molecule has 5 rings (SSSR count). The predicted octanol–water partition coefficient (Wildman–Crippen LogP) is 3.78. The second-order valence-electron chi connectivity index (χ2n) is 7.31. The first-order chi connectivity index (χ1) is 14.7. The van der Waals surface area contributed by atoms with Crippen LogP contribution in [0.3, 0.4) is 0 Å². The van der Waals surface area contributed by atoms with E-state index in [0.29, 0.717) is 17.7 Å². The lowest BCUT2D eigenvalue weighted by molar-refractivity contribution is 0.855. The average Bonchev–Trinajstić information content (AvgIpc) is 3.22. The van der Waals surface area contributed by atoms with Crippen LogP contribution >= 0.6 is 0 Å². The number of benzene rings is 3. The van der Waals surface area contributed by atoms with E-state index in [9.17, 15) is 4.79 Å². The van der Waals surface area contributed by atoms with Crippen LogP contribution in [0.1, 0.15) is 17.0 Å². The molecule has 0 saturated carbocycles. The van der Waals surface area contributed by atoms with Crippen molar-refractivity contribution in [1.82, 2.24) is 19.2 Å². The van der Waals surface area contributed by atoms with Crippen molar-refractivity contribution in [3.05, 3.63) is 106 Å². The summed E-state index contributed by atoms with van der Waals surface area (Å²) in [4.78, 5) is 12.6. The molecule has 1 N–H and O–H groups in total. The quantitative estimate of drug-likeness (QED) is 0.492. The van der Waals surface area contributed by atoms with Crippen LogP contribution in [-0.2, 0) is 20.0 Å². The molecular weight excluding hydrogens is 374 g/mol. The minimum absolute atomic E-state index is 0.0711. The zero-order valence-corrected chi connectivity index (χ0v) is 16.6. The van der Waals surface area contributed by atoms with E-state index in [4.69, 9.17) is 0 Å². The fourth-order valence-electron chi connectivity index (χ4n) is 3.84. The van der Waals surface area contributed by atoms with E-state index in [1.54, 1.807) is 11.6 Å². The highest BCUT2D eigenvalue weighted by molar-refractivity contribution is 5.80. The fraction of sp³-hybridized carbons (Fsp3) is 0.125. The van der Waals surface area contributed by atoms with Crippen LogP contribution in [-0.4, -0.2) is 19.2 Å². The molecule has 3 aromatic carbocycles. The zero-order chi connectivity index (χ0) is 20.5. The first kappa shape index (κ1) is 18.1. The lowest BCUT2D eigenvalue weighted by Gasteiger charge is -2.12. The topological polar surface area (TPSA) is 64.2 Å². The van der Waals surface area contributed by atoms with Gasteiger partial charge >= 0.3 is 0 Å². The number of aromatic nitrogens is 4. The molecule has 0 aliphatic heterocycles. The Balaban J connectivity index is 1.51. The first-order valence-corrected chi connectivity index (χ1v) is 9.90. The minimum Gasteiger partial charge on any atom is -0.377 e. The van der Waals surface area contributed by atoms with Crippen molar-refractivity contribution in [3.63, 3.8) is 0 Å². The number of rotatable bonds is 5. The van der Waals surface area contributed by atoms with Crippen LogP contribution in [0, 0.1) is 0 Å². The molecule has 30 heavy (non-hydrogen) atoms. The summed E-state index contributed by atoms with van der Waals surface area (Å²) in [6.07, 6.45) is 0.849. The minimum atomic E-state index is -0.0711. The number of nitrogens with zero attached hydrogens (tertiary/aromatic N) is 4. The van der Waals surface area contributed by atoms with Gasteiger partial charge in [-0.25, -0.2) is 0 Å². The molecule has 6 nitrogen and oxygen atoms in total. The molecule has 0 atom stereocenters. The average molecular weight is 395 g/mol. The molecule has 0 radical (unpaired) electrons. The lowest BCUT2D eigenvalue weighted by atomic mass is 10.0. The Kier molecular flexibility index (Phi) is 4.52. The summed E-state index contributed by atoms with van der Waals surface area (Å²) >= 11 is 0. The molecule has 0 spiro atoms. The van der Waals surface area contributed by atoms with E-state index in [2.05, 4.69) is 58.0 Å². The SMILES string of the molecule is Cn1c(=O)c2ccccc2n2c(CNc3ccccc3Cc3ccccc3)nnc12. The smallest absolute Gasteiger partial charge is 0.262 e. The first-order valence-electron chi connectivity index (χ1n) is 9.90. The van der Waals surface area contributed by atoms with Gasteiger partial charge in [-0.15, -0.1) is 10.2 Å². The summed E-state index contributed by atoms with van der Waals surface area (Å²) < 4.78 is 3.49. The Morgan fingerprint density at radius 3 is 2.47 bits per heavy atom. The number of aryl methyl sites for hydroxylation is 1. The van der Waals surface area contributed by atoms with Gasteiger partial charge in [0.25, 0.3) is 5.56 Å². The highest BCUT2D eigenvalue weighted by Gasteiger charge is 2.14.